The van der Waals surface area contributed by atoms with Gasteiger partial charge in [-0.2, -0.15) is 0 Å². The van der Waals surface area contributed by atoms with E-state index in [0.29, 0.717) is 11.5 Å². The summed E-state index contributed by atoms with van der Waals surface area (Å²) >= 11 is 6.07. The molecule has 0 fully saturated rings. The Morgan fingerprint density at radius 3 is 2.28 bits per heavy atom. The largest absolute Gasteiger partial charge is 0.455 e. The molecule has 2 nitrogen and oxygen atoms in total. The number of nitrogens with two attached hydrogens (primary N) is 1. The lowest BCUT2D eigenvalue weighted by Crippen LogP contribution is -1.94. The van der Waals surface area contributed by atoms with Gasteiger partial charge in [0.2, 0.25) is 0 Å². The molecule has 0 aliphatic carbocycles. The Kier molecular flexibility index (Phi) is 3.43. The molecule has 0 heterocycles. The SMILES string of the molecule is Cc1cc(Oc2ccc(F)cc2N)cc(C)c1Cl. The molecular formula is C14H13ClFNO. The molecule has 18 heavy (non-hydrogen) atoms. The van der Waals surface area contributed by atoms with Crippen molar-refractivity contribution in [2.75, 3.05) is 5.73 Å². The molecule has 0 bridgehead atoms. The molecule has 4 heteroatoms. The van der Waals surface area contributed by atoms with E-state index in [0.717, 1.165) is 16.1 Å². The summed E-state index contributed by atoms with van der Waals surface area (Å²) in [5, 5.41) is 0.717. The average Bonchev–Trinajstić information content (AvgIpc) is 2.29. The zero-order valence-corrected chi connectivity index (χ0v) is 10.9. The minimum absolute atomic E-state index is 0.264. The van der Waals surface area contributed by atoms with Gasteiger partial charge in [0.1, 0.15) is 11.6 Å². The molecule has 0 saturated heterocycles. The fraction of sp³-hybridized carbons (Fsp3) is 0.143. The monoisotopic (exact) mass is 265 g/mol. The first kappa shape index (κ1) is 12.7. The van der Waals surface area contributed by atoms with Crippen molar-refractivity contribution in [2.45, 2.75) is 13.8 Å². The predicted octanol–water partition coefficient (Wildman–Crippen LogP) is 4.47. The third kappa shape index (κ3) is 2.57. The van der Waals surface area contributed by atoms with Crippen molar-refractivity contribution in [2.24, 2.45) is 0 Å². The fourth-order valence-corrected chi connectivity index (χ4v) is 1.81. The van der Waals surface area contributed by atoms with Crippen LogP contribution in [0.5, 0.6) is 11.5 Å². The maximum Gasteiger partial charge on any atom is 0.150 e. The Labute approximate surface area is 110 Å². The normalized spacial score (nSPS) is 10.4. The van der Waals surface area contributed by atoms with Gasteiger partial charge in [0.25, 0.3) is 0 Å². The summed E-state index contributed by atoms with van der Waals surface area (Å²) in [7, 11) is 0. The summed E-state index contributed by atoms with van der Waals surface area (Å²) in [6, 6.07) is 7.67. The molecule has 0 atom stereocenters. The second-order valence-electron chi connectivity index (χ2n) is 4.16. The molecule has 0 saturated carbocycles. The summed E-state index contributed by atoms with van der Waals surface area (Å²) in [6.07, 6.45) is 0. The van der Waals surface area contributed by atoms with Gasteiger partial charge in [-0.1, -0.05) is 11.6 Å². The molecule has 2 aromatic rings. The van der Waals surface area contributed by atoms with Crippen LogP contribution in [0.2, 0.25) is 5.02 Å². The van der Waals surface area contributed by atoms with Crippen LogP contribution >= 0.6 is 11.6 Å². The Hall–Kier alpha value is -1.74. The summed E-state index contributed by atoms with van der Waals surface area (Å²) in [5.41, 5.74) is 7.80. The topological polar surface area (TPSA) is 35.2 Å². The summed E-state index contributed by atoms with van der Waals surface area (Å²) < 4.78 is 18.5. The number of benzene rings is 2. The van der Waals surface area contributed by atoms with E-state index < -0.39 is 0 Å². The average molecular weight is 266 g/mol. The lowest BCUT2D eigenvalue weighted by atomic mass is 10.1. The molecule has 0 spiro atoms. The van der Waals surface area contributed by atoms with E-state index in [1.807, 2.05) is 26.0 Å². The molecule has 0 aliphatic heterocycles. The first-order valence-electron chi connectivity index (χ1n) is 5.47. The van der Waals surface area contributed by atoms with Gasteiger partial charge in [-0.15, -0.1) is 0 Å². The lowest BCUT2D eigenvalue weighted by Gasteiger charge is -2.11. The highest BCUT2D eigenvalue weighted by Crippen LogP contribution is 2.31. The van der Waals surface area contributed by atoms with Crippen LogP contribution in [0.1, 0.15) is 11.1 Å². The first-order chi connectivity index (χ1) is 8.47. The van der Waals surface area contributed by atoms with Crippen LogP contribution < -0.4 is 10.5 Å². The Balaban J connectivity index is 2.34. The molecule has 0 aliphatic rings. The number of hydrogen-bond acceptors (Lipinski definition) is 2. The van der Waals surface area contributed by atoms with Crippen LogP contribution in [-0.2, 0) is 0 Å². The van der Waals surface area contributed by atoms with E-state index in [1.165, 1.54) is 18.2 Å². The van der Waals surface area contributed by atoms with Gasteiger partial charge in [-0.05, 0) is 49.2 Å². The number of ether oxygens (including phenoxy) is 1. The second-order valence-corrected chi connectivity index (χ2v) is 4.53. The van der Waals surface area contributed by atoms with Crippen LogP contribution in [0, 0.1) is 19.7 Å². The van der Waals surface area contributed by atoms with E-state index in [9.17, 15) is 4.39 Å². The van der Waals surface area contributed by atoms with Gasteiger partial charge in [0, 0.05) is 11.1 Å². The molecule has 0 amide bonds. The highest BCUT2D eigenvalue weighted by atomic mass is 35.5. The predicted molar refractivity (Wildman–Crippen MR) is 71.8 cm³/mol. The number of aryl methyl sites for hydroxylation is 2. The maximum absolute atomic E-state index is 12.9. The third-order valence-corrected chi connectivity index (χ3v) is 3.21. The fourth-order valence-electron chi connectivity index (χ4n) is 1.70. The number of rotatable bonds is 2. The molecule has 0 unspecified atom stereocenters. The first-order valence-corrected chi connectivity index (χ1v) is 5.85. The summed E-state index contributed by atoms with van der Waals surface area (Å²) in [6.45, 7) is 3.80. The lowest BCUT2D eigenvalue weighted by molar-refractivity contribution is 0.482. The third-order valence-electron chi connectivity index (χ3n) is 2.61. The highest BCUT2D eigenvalue weighted by Gasteiger charge is 2.07. The molecule has 2 rings (SSSR count). The summed E-state index contributed by atoms with van der Waals surface area (Å²) in [4.78, 5) is 0. The highest BCUT2D eigenvalue weighted by molar-refractivity contribution is 6.32. The molecule has 0 radical (unpaired) electrons. The minimum Gasteiger partial charge on any atom is -0.455 e. The quantitative estimate of drug-likeness (QED) is 0.813. The van der Waals surface area contributed by atoms with Crippen molar-refractivity contribution < 1.29 is 9.13 Å². The molecule has 2 aromatic carbocycles. The van der Waals surface area contributed by atoms with Crippen molar-refractivity contribution >= 4 is 17.3 Å². The molecular weight excluding hydrogens is 253 g/mol. The Morgan fingerprint density at radius 1 is 1.11 bits per heavy atom. The van der Waals surface area contributed by atoms with Crippen LogP contribution in [0.25, 0.3) is 0 Å². The molecule has 2 N–H and O–H groups in total. The van der Waals surface area contributed by atoms with Crippen molar-refractivity contribution in [3.63, 3.8) is 0 Å². The van der Waals surface area contributed by atoms with E-state index in [-0.39, 0.29) is 11.5 Å². The molecule has 0 aromatic heterocycles. The van der Waals surface area contributed by atoms with E-state index in [2.05, 4.69) is 0 Å². The van der Waals surface area contributed by atoms with Crippen molar-refractivity contribution in [1.82, 2.24) is 0 Å². The van der Waals surface area contributed by atoms with E-state index in [1.54, 1.807) is 0 Å². The van der Waals surface area contributed by atoms with Gasteiger partial charge >= 0.3 is 0 Å². The van der Waals surface area contributed by atoms with E-state index >= 15 is 0 Å². The number of anilines is 1. The van der Waals surface area contributed by atoms with Crippen LogP contribution in [0.4, 0.5) is 10.1 Å². The number of nitrogen functional groups attached to an aromatic ring is 1. The van der Waals surface area contributed by atoms with Gasteiger partial charge in [0.15, 0.2) is 5.75 Å². The second kappa shape index (κ2) is 4.86. The van der Waals surface area contributed by atoms with Crippen LogP contribution in [0.3, 0.4) is 0 Å². The number of hydrogen-bond donors (Lipinski definition) is 1. The summed E-state index contributed by atoms with van der Waals surface area (Å²) in [5.74, 6) is 0.675. The van der Waals surface area contributed by atoms with Crippen LogP contribution in [0.15, 0.2) is 30.3 Å². The Bertz CT molecular complexity index is 575. The van der Waals surface area contributed by atoms with Crippen molar-refractivity contribution in [3.8, 4) is 11.5 Å². The molecule has 94 valence electrons. The van der Waals surface area contributed by atoms with Crippen molar-refractivity contribution in [3.05, 3.63) is 52.3 Å². The maximum atomic E-state index is 12.9. The number of halogens is 2. The van der Waals surface area contributed by atoms with E-state index in [4.69, 9.17) is 22.1 Å². The van der Waals surface area contributed by atoms with Gasteiger partial charge < -0.3 is 10.5 Å². The van der Waals surface area contributed by atoms with Gasteiger partial charge in [-0.25, -0.2) is 4.39 Å². The van der Waals surface area contributed by atoms with Gasteiger partial charge in [-0.3, -0.25) is 0 Å². The minimum atomic E-state index is -0.386. The van der Waals surface area contributed by atoms with Crippen LogP contribution in [-0.4, -0.2) is 0 Å². The smallest absolute Gasteiger partial charge is 0.150 e. The van der Waals surface area contributed by atoms with Gasteiger partial charge in [0.05, 0.1) is 5.69 Å². The van der Waals surface area contributed by atoms with Crippen molar-refractivity contribution in [1.29, 1.82) is 0 Å². The Morgan fingerprint density at radius 2 is 1.72 bits per heavy atom. The zero-order chi connectivity index (χ0) is 13.3. The standard InChI is InChI=1S/C14H13ClFNO/c1-8-5-11(6-9(2)14(8)15)18-13-4-3-10(16)7-12(13)17/h3-7H,17H2,1-2H3. The zero-order valence-electron chi connectivity index (χ0n) is 10.1.